The zero-order chi connectivity index (χ0) is 18.1. The van der Waals surface area contributed by atoms with E-state index in [4.69, 9.17) is 4.98 Å². The molecule has 7 heteroatoms. The highest BCUT2D eigenvalue weighted by atomic mass is 32.2. The van der Waals surface area contributed by atoms with Gasteiger partial charge in [-0.1, -0.05) is 18.7 Å². The predicted octanol–water partition coefficient (Wildman–Crippen LogP) is 3.22. The molecule has 1 N–H and O–H groups in total. The molecule has 25 heavy (non-hydrogen) atoms. The first kappa shape index (κ1) is 18.5. The Morgan fingerprint density at radius 3 is 2.92 bits per heavy atom. The number of thiophene rings is 1. The maximum Gasteiger partial charge on any atom is 0.263 e. The van der Waals surface area contributed by atoms with Crippen molar-refractivity contribution >= 4 is 39.2 Å². The Bertz CT molecular complexity index is 854. The molecule has 1 amide bonds. The van der Waals surface area contributed by atoms with Crippen LogP contribution in [0.5, 0.6) is 0 Å². The molecular formula is C18H25N3O2S2. The SMILES string of the molecule is CCn1c(SCC(=O)NC(C)C)nc2sc3c(c2c1=O)CC[C@H](C)C3. The topological polar surface area (TPSA) is 64.0 Å². The van der Waals surface area contributed by atoms with E-state index in [-0.39, 0.29) is 23.3 Å². The molecule has 3 rings (SSSR count). The number of carbonyl (C=O) groups excluding carboxylic acids is 1. The molecule has 0 aliphatic heterocycles. The largest absolute Gasteiger partial charge is 0.353 e. The Labute approximate surface area is 156 Å². The zero-order valence-electron chi connectivity index (χ0n) is 15.2. The number of fused-ring (bicyclic) bond motifs is 3. The van der Waals surface area contributed by atoms with Crippen molar-refractivity contribution in [3.05, 3.63) is 20.8 Å². The quantitative estimate of drug-likeness (QED) is 0.640. The highest BCUT2D eigenvalue weighted by Gasteiger charge is 2.24. The van der Waals surface area contributed by atoms with Crippen LogP contribution in [0, 0.1) is 5.92 Å². The Kier molecular flexibility index (Phi) is 5.53. The summed E-state index contributed by atoms with van der Waals surface area (Å²) < 4.78 is 1.71. The normalized spacial score (nSPS) is 17.1. The molecule has 0 unspecified atom stereocenters. The molecule has 0 spiro atoms. The first-order valence-electron chi connectivity index (χ1n) is 8.87. The Morgan fingerprint density at radius 1 is 1.48 bits per heavy atom. The van der Waals surface area contributed by atoms with Crippen LogP contribution in [0.4, 0.5) is 0 Å². The maximum absolute atomic E-state index is 13.0. The summed E-state index contributed by atoms with van der Waals surface area (Å²) in [5, 5.41) is 4.33. The third kappa shape index (κ3) is 3.77. The summed E-state index contributed by atoms with van der Waals surface area (Å²) in [7, 11) is 0. The summed E-state index contributed by atoms with van der Waals surface area (Å²) in [5.41, 5.74) is 1.26. The smallest absolute Gasteiger partial charge is 0.263 e. The lowest BCUT2D eigenvalue weighted by atomic mass is 9.89. The van der Waals surface area contributed by atoms with Crippen molar-refractivity contribution in [2.45, 2.75) is 64.7 Å². The van der Waals surface area contributed by atoms with Gasteiger partial charge in [0.15, 0.2) is 5.16 Å². The summed E-state index contributed by atoms with van der Waals surface area (Å²) in [6.45, 7) is 8.66. The van der Waals surface area contributed by atoms with E-state index in [1.807, 2.05) is 20.8 Å². The molecule has 0 aromatic carbocycles. The number of amides is 1. The maximum atomic E-state index is 13.0. The van der Waals surface area contributed by atoms with E-state index >= 15 is 0 Å². The van der Waals surface area contributed by atoms with Gasteiger partial charge in [-0.25, -0.2) is 4.98 Å². The first-order valence-corrected chi connectivity index (χ1v) is 10.7. The van der Waals surface area contributed by atoms with Crippen LogP contribution in [0.2, 0.25) is 0 Å². The summed E-state index contributed by atoms with van der Waals surface area (Å²) >= 11 is 3.00. The molecule has 1 aliphatic rings. The molecular weight excluding hydrogens is 354 g/mol. The van der Waals surface area contributed by atoms with Gasteiger partial charge in [-0.05, 0) is 51.5 Å². The number of aromatic nitrogens is 2. The minimum atomic E-state index is -0.0312. The number of nitrogens with one attached hydrogen (secondary N) is 1. The van der Waals surface area contributed by atoms with E-state index in [2.05, 4.69) is 12.2 Å². The van der Waals surface area contributed by atoms with Gasteiger partial charge in [-0.3, -0.25) is 14.2 Å². The average Bonchev–Trinajstić information content (AvgIpc) is 2.89. The van der Waals surface area contributed by atoms with Gasteiger partial charge >= 0.3 is 0 Å². The number of hydrogen-bond donors (Lipinski definition) is 1. The fourth-order valence-corrected chi connectivity index (χ4v) is 5.59. The van der Waals surface area contributed by atoms with E-state index in [9.17, 15) is 9.59 Å². The Balaban J connectivity index is 1.97. The Hall–Kier alpha value is -1.34. The number of thioether (sulfide) groups is 1. The molecule has 2 aromatic heterocycles. The van der Waals surface area contributed by atoms with Gasteiger partial charge < -0.3 is 5.32 Å². The lowest BCUT2D eigenvalue weighted by Gasteiger charge is -2.17. The second-order valence-electron chi connectivity index (χ2n) is 6.99. The van der Waals surface area contributed by atoms with Crippen LogP contribution in [-0.2, 0) is 24.2 Å². The lowest BCUT2D eigenvalue weighted by Crippen LogP contribution is -2.32. The summed E-state index contributed by atoms with van der Waals surface area (Å²) in [5.74, 6) is 0.914. The van der Waals surface area contributed by atoms with Gasteiger partial charge in [0, 0.05) is 17.5 Å². The first-order chi connectivity index (χ1) is 11.9. The molecule has 2 aromatic rings. The minimum absolute atomic E-state index is 0.0312. The third-order valence-corrected chi connectivity index (χ3v) is 6.60. The molecule has 1 aliphatic carbocycles. The molecule has 1 atom stereocenters. The highest BCUT2D eigenvalue weighted by molar-refractivity contribution is 7.99. The molecule has 2 heterocycles. The summed E-state index contributed by atoms with van der Waals surface area (Å²) in [6, 6.07) is 0.114. The van der Waals surface area contributed by atoms with Crippen molar-refractivity contribution in [1.29, 1.82) is 0 Å². The van der Waals surface area contributed by atoms with Crippen LogP contribution in [-0.4, -0.2) is 27.3 Å². The van der Waals surface area contributed by atoms with E-state index < -0.39 is 0 Å². The van der Waals surface area contributed by atoms with Gasteiger partial charge in [0.25, 0.3) is 5.56 Å². The third-order valence-electron chi connectivity index (χ3n) is 4.48. The van der Waals surface area contributed by atoms with Gasteiger partial charge in [0.05, 0.1) is 11.1 Å². The predicted molar refractivity (Wildman–Crippen MR) is 105 cm³/mol. The van der Waals surface area contributed by atoms with Crippen molar-refractivity contribution in [2.24, 2.45) is 5.92 Å². The molecule has 5 nitrogen and oxygen atoms in total. The van der Waals surface area contributed by atoms with Gasteiger partial charge in [-0.15, -0.1) is 11.3 Å². The molecule has 0 saturated heterocycles. The average molecular weight is 380 g/mol. The van der Waals surface area contributed by atoms with E-state index in [0.717, 1.165) is 29.5 Å². The molecule has 0 radical (unpaired) electrons. The number of hydrogen-bond acceptors (Lipinski definition) is 5. The zero-order valence-corrected chi connectivity index (χ0v) is 16.9. The fraction of sp³-hybridized carbons (Fsp3) is 0.611. The van der Waals surface area contributed by atoms with Gasteiger partial charge in [-0.2, -0.15) is 0 Å². The minimum Gasteiger partial charge on any atom is -0.353 e. The molecule has 0 fully saturated rings. The standard InChI is InChI=1S/C18H25N3O2S2/c1-5-21-17(23)15-12-7-6-11(4)8-13(12)25-16(15)20-18(21)24-9-14(22)19-10(2)3/h10-11H,5-9H2,1-4H3,(H,19,22)/t11-/m0/s1. The summed E-state index contributed by atoms with van der Waals surface area (Å²) in [6.07, 6.45) is 3.15. The molecule has 0 bridgehead atoms. The van der Waals surface area contributed by atoms with Crippen LogP contribution in [0.1, 0.15) is 44.6 Å². The fourth-order valence-electron chi connectivity index (χ4n) is 3.29. The molecule has 0 saturated carbocycles. The lowest BCUT2D eigenvalue weighted by molar-refractivity contribution is -0.119. The van der Waals surface area contributed by atoms with Crippen molar-refractivity contribution in [3.63, 3.8) is 0 Å². The summed E-state index contributed by atoms with van der Waals surface area (Å²) in [4.78, 5) is 31.9. The molecule has 136 valence electrons. The van der Waals surface area contributed by atoms with Crippen LogP contribution in [0.3, 0.4) is 0 Å². The second kappa shape index (κ2) is 7.50. The number of nitrogens with zero attached hydrogens (tertiary/aromatic N) is 2. The van der Waals surface area contributed by atoms with Gasteiger partial charge in [0.2, 0.25) is 5.91 Å². The van der Waals surface area contributed by atoms with E-state index in [1.165, 1.54) is 22.2 Å². The van der Waals surface area contributed by atoms with Crippen LogP contribution in [0.15, 0.2) is 9.95 Å². The van der Waals surface area contributed by atoms with Crippen LogP contribution >= 0.6 is 23.1 Å². The second-order valence-corrected chi connectivity index (χ2v) is 9.01. The van der Waals surface area contributed by atoms with Crippen molar-refractivity contribution < 1.29 is 4.79 Å². The van der Waals surface area contributed by atoms with Crippen molar-refractivity contribution in [2.75, 3.05) is 5.75 Å². The van der Waals surface area contributed by atoms with Gasteiger partial charge in [0.1, 0.15) is 4.83 Å². The number of aryl methyl sites for hydroxylation is 1. The van der Waals surface area contributed by atoms with Crippen molar-refractivity contribution in [1.82, 2.24) is 14.9 Å². The van der Waals surface area contributed by atoms with Crippen LogP contribution in [0.25, 0.3) is 10.2 Å². The van der Waals surface area contributed by atoms with E-state index in [1.54, 1.807) is 15.9 Å². The monoisotopic (exact) mass is 379 g/mol. The Morgan fingerprint density at radius 2 is 2.24 bits per heavy atom. The highest BCUT2D eigenvalue weighted by Crippen LogP contribution is 2.36. The number of carbonyl (C=O) groups is 1. The van der Waals surface area contributed by atoms with Crippen molar-refractivity contribution in [3.8, 4) is 0 Å². The van der Waals surface area contributed by atoms with Crippen LogP contribution < -0.4 is 10.9 Å². The number of rotatable bonds is 5. The van der Waals surface area contributed by atoms with E-state index in [0.29, 0.717) is 17.6 Å².